The molecule has 0 atom stereocenters. The summed E-state index contributed by atoms with van der Waals surface area (Å²) in [4.78, 5) is 4.47. The maximum Gasteiger partial charge on any atom is 0.143 e. The molecule has 0 saturated heterocycles. The summed E-state index contributed by atoms with van der Waals surface area (Å²) in [6, 6.07) is 44.4. The van der Waals surface area contributed by atoms with E-state index in [4.69, 9.17) is 4.74 Å². The van der Waals surface area contributed by atoms with Crippen LogP contribution in [-0.4, -0.2) is 4.98 Å². The lowest BCUT2D eigenvalue weighted by molar-refractivity contribution is 0.494. The SMILES string of the molecule is c1ccc(-c2c3ccccc3c(Oc3ccc(-c4cccc5ccccc45)cc3)c3ccncc23)cc1. The fourth-order valence-corrected chi connectivity index (χ4v) is 5.30. The van der Waals surface area contributed by atoms with Crippen LogP contribution in [0.5, 0.6) is 11.5 Å². The van der Waals surface area contributed by atoms with Crippen LogP contribution in [0.4, 0.5) is 0 Å². The monoisotopic (exact) mass is 473 g/mol. The normalized spacial score (nSPS) is 11.2. The van der Waals surface area contributed by atoms with Crippen LogP contribution in [0.15, 0.2) is 140 Å². The van der Waals surface area contributed by atoms with Crippen molar-refractivity contribution in [3.8, 4) is 33.8 Å². The zero-order valence-corrected chi connectivity index (χ0v) is 20.1. The standard InChI is InChI=1S/C35H23NO/c1-2-10-26(11-3-1)34-30-14-6-7-15-31(30)35(32-21-22-36-23-33(32)34)37-27-19-17-25(18-20-27)29-16-8-12-24-9-4-5-13-28(24)29/h1-23H. The van der Waals surface area contributed by atoms with Gasteiger partial charge in [0.1, 0.15) is 11.5 Å². The third-order valence-corrected chi connectivity index (χ3v) is 7.01. The van der Waals surface area contributed by atoms with E-state index in [1.807, 2.05) is 24.5 Å². The highest BCUT2D eigenvalue weighted by molar-refractivity contribution is 6.16. The van der Waals surface area contributed by atoms with Gasteiger partial charge in [0, 0.05) is 28.6 Å². The maximum atomic E-state index is 6.65. The van der Waals surface area contributed by atoms with Gasteiger partial charge in [-0.2, -0.15) is 0 Å². The van der Waals surface area contributed by atoms with Gasteiger partial charge in [-0.05, 0) is 56.6 Å². The number of rotatable bonds is 4. The zero-order valence-electron chi connectivity index (χ0n) is 20.1. The maximum absolute atomic E-state index is 6.65. The molecule has 0 spiro atoms. The molecule has 0 aliphatic carbocycles. The molecule has 6 aromatic carbocycles. The molecule has 0 aliphatic rings. The quantitative estimate of drug-likeness (QED) is 0.237. The first-order valence-electron chi connectivity index (χ1n) is 12.5. The molecule has 37 heavy (non-hydrogen) atoms. The zero-order chi connectivity index (χ0) is 24.6. The third-order valence-electron chi connectivity index (χ3n) is 7.01. The Morgan fingerprint density at radius 2 is 1.14 bits per heavy atom. The van der Waals surface area contributed by atoms with E-state index in [-0.39, 0.29) is 0 Å². The second-order valence-corrected chi connectivity index (χ2v) is 9.19. The lowest BCUT2D eigenvalue weighted by atomic mass is 9.92. The number of hydrogen-bond acceptors (Lipinski definition) is 2. The Morgan fingerprint density at radius 3 is 1.97 bits per heavy atom. The van der Waals surface area contributed by atoms with Crippen molar-refractivity contribution >= 4 is 32.3 Å². The summed E-state index contributed by atoms with van der Waals surface area (Å²) in [5.41, 5.74) is 4.74. The first-order valence-corrected chi connectivity index (χ1v) is 12.5. The van der Waals surface area contributed by atoms with Gasteiger partial charge in [-0.15, -0.1) is 0 Å². The summed E-state index contributed by atoms with van der Waals surface area (Å²) in [5, 5.41) is 6.85. The van der Waals surface area contributed by atoms with E-state index in [0.29, 0.717) is 0 Å². The fourth-order valence-electron chi connectivity index (χ4n) is 5.30. The molecule has 7 rings (SSSR count). The van der Waals surface area contributed by atoms with Gasteiger partial charge < -0.3 is 4.74 Å². The molecule has 0 bridgehead atoms. The Bertz CT molecular complexity index is 1830. The Kier molecular flexibility index (Phi) is 5.15. The molecular formula is C35H23NO. The topological polar surface area (TPSA) is 22.1 Å². The minimum absolute atomic E-state index is 0.805. The highest BCUT2D eigenvalue weighted by atomic mass is 16.5. The Labute approximate surface area is 215 Å². The molecule has 0 radical (unpaired) electrons. The summed E-state index contributed by atoms with van der Waals surface area (Å²) in [5.74, 6) is 1.66. The summed E-state index contributed by atoms with van der Waals surface area (Å²) >= 11 is 0. The molecule has 1 aromatic heterocycles. The number of pyridine rings is 1. The average molecular weight is 474 g/mol. The van der Waals surface area contributed by atoms with E-state index < -0.39 is 0 Å². The van der Waals surface area contributed by atoms with Crippen molar-refractivity contribution in [2.75, 3.05) is 0 Å². The van der Waals surface area contributed by atoms with Crippen LogP contribution >= 0.6 is 0 Å². The number of benzene rings is 6. The van der Waals surface area contributed by atoms with Gasteiger partial charge in [-0.1, -0.05) is 109 Å². The van der Waals surface area contributed by atoms with Gasteiger partial charge in [0.05, 0.1) is 0 Å². The van der Waals surface area contributed by atoms with E-state index in [0.717, 1.165) is 33.0 Å². The van der Waals surface area contributed by atoms with Crippen molar-refractivity contribution in [1.82, 2.24) is 4.98 Å². The first-order chi connectivity index (χ1) is 18.4. The number of nitrogens with zero attached hydrogens (tertiary/aromatic N) is 1. The van der Waals surface area contributed by atoms with Gasteiger partial charge in [0.2, 0.25) is 0 Å². The number of fused-ring (bicyclic) bond motifs is 3. The number of hydrogen-bond donors (Lipinski definition) is 0. The molecule has 0 N–H and O–H groups in total. The van der Waals surface area contributed by atoms with Crippen molar-refractivity contribution in [3.05, 3.63) is 140 Å². The van der Waals surface area contributed by atoms with Crippen LogP contribution in [0, 0.1) is 0 Å². The molecule has 0 amide bonds. The van der Waals surface area contributed by atoms with E-state index in [9.17, 15) is 0 Å². The lowest BCUT2D eigenvalue weighted by Gasteiger charge is -2.17. The van der Waals surface area contributed by atoms with Crippen LogP contribution in [0.25, 0.3) is 54.6 Å². The van der Waals surface area contributed by atoms with Crippen LogP contribution in [0.1, 0.15) is 0 Å². The summed E-state index contributed by atoms with van der Waals surface area (Å²) in [6.07, 6.45) is 3.78. The predicted octanol–water partition coefficient (Wildman–Crippen LogP) is 9.67. The molecule has 7 aromatic rings. The molecule has 1 heterocycles. The molecule has 2 heteroatoms. The lowest BCUT2D eigenvalue weighted by Crippen LogP contribution is -1.93. The summed E-state index contributed by atoms with van der Waals surface area (Å²) < 4.78 is 6.65. The van der Waals surface area contributed by atoms with Crippen molar-refractivity contribution in [2.24, 2.45) is 0 Å². The predicted molar refractivity (Wildman–Crippen MR) is 154 cm³/mol. The van der Waals surface area contributed by atoms with Gasteiger partial charge in [0.25, 0.3) is 0 Å². The van der Waals surface area contributed by atoms with Crippen LogP contribution in [0.3, 0.4) is 0 Å². The Morgan fingerprint density at radius 1 is 0.459 bits per heavy atom. The Balaban J connectivity index is 1.36. The van der Waals surface area contributed by atoms with Crippen molar-refractivity contribution in [2.45, 2.75) is 0 Å². The Hall–Kier alpha value is -4.95. The minimum atomic E-state index is 0.805. The van der Waals surface area contributed by atoms with E-state index in [1.54, 1.807) is 0 Å². The molecular weight excluding hydrogens is 450 g/mol. The summed E-state index contributed by atoms with van der Waals surface area (Å²) in [7, 11) is 0. The summed E-state index contributed by atoms with van der Waals surface area (Å²) in [6.45, 7) is 0. The third kappa shape index (κ3) is 3.71. The van der Waals surface area contributed by atoms with Gasteiger partial charge in [-0.3, -0.25) is 4.98 Å². The second kappa shape index (κ2) is 8.92. The molecule has 174 valence electrons. The van der Waals surface area contributed by atoms with Crippen LogP contribution < -0.4 is 4.74 Å². The van der Waals surface area contributed by atoms with Crippen molar-refractivity contribution in [1.29, 1.82) is 0 Å². The van der Waals surface area contributed by atoms with Gasteiger partial charge in [0.15, 0.2) is 0 Å². The van der Waals surface area contributed by atoms with E-state index in [1.165, 1.54) is 33.0 Å². The molecule has 0 saturated carbocycles. The molecule has 0 aliphatic heterocycles. The van der Waals surface area contributed by atoms with E-state index in [2.05, 4.69) is 120 Å². The minimum Gasteiger partial charge on any atom is -0.456 e. The number of aromatic nitrogens is 1. The molecule has 2 nitrogen and oxygen atoms in total. The smallest absolute Gasteiger partial charge is 0.143 e. The van der Waals surface area contributed by atoms with Crippen LogP contribution in [0.2, 0.25) is 0 Å². The molecule has 0 fully saturated rings. The van der Waals surface area contributed by atoms with Gasteiger partial charge >= 0.3 is 0 Å². The average Bonchev–Trinajstić information content (AvgIpc) is 2.98. The molecule has 0 unspecified atom stereocenters. The highest BCUT2D eigenvalue weighted by Gasteiger charge is 2.17. The van der Waals surface area contributed by atoms with E-state index >= 15 is 0 Å². The van der Waals surface area contributed by atoms with Crippen LogP contribution in [-0.2, 0) is 0 Å². The van der Waals surface area contributed by atoms with Crippen molar-refractivity contribution < 1.29 is 4.74 Å². The van der Waals surface area contributed by atoms with Crippen molar-refractivity contribution in [3.63, 3.8) is 0 Å². The highest BCUT2D eigenvalue weighted by Crippen LogP contribution is 2.44. The number of ether oxygens (including phenoxy) is 1. The first kappa shape index (κ1) is 21.3. The second-order valence-electron chi connectivity index (χ2n) is 9.19. The fraction of sp³-hybridized carbons (Fsp3) is 0. The largest absolute Gasteiger partial charge is 0.456 e. The van der Waals surface area contributed by atoms with Gasteiger partial charge in [-0.25, -0.2) is 0 Å².